The van der Waals surface area contributed by atoms with Crippen LogP contribution in [0.5, 0.6) is 0 Å². The molecule has 1 aromatic heterocycles. The van der Waals surface area contributed by atoms with Crippen LogP contribution in [-0.2, 0) is 0 Å². The molecule has 3 heteroatoms. The van der Waals surface area contributed by atoms with Gasteiger partial charge < -0.3 is 5.73 Å². The van der Waals surface area contributed by atoms with Crippen LogP contribution in [0.1, 0.15) is 24.9 Å². The maximum atomic E-state index is 12.5. The first-order chi connectivity index (χ1) is 5.24. The van der Waals surface area contributed by atoms with E-state index in [4.69, 9.17) is 5.73 Å². The van der Waals surface area contributed by atoms with Crippen LogP contribution in [0.25, 0.3) is 0 Å². The Balaban J connectivity index is 2.86. The Hall–Kier alpha value is -0.960. The molecule has 1 heterocycles. The molecular weight excluding hydrogens is 143 g/mol. The van der Waals surface area contributed by atoms with Crippen LogP contribution in [0, 0.1) is 5.82 Å². The normalized spacial score (nSPS) is 13.0. The molecule has 2 N–H and O–H groups in total. The van der Waals surface area contributed by atoms with Gasteiger partial charge in [0.1, 0.15) is 5.82 Å². The van der Waals surface area contributed by atoms with Gasteiger partial charge in [0, 0.05) is 12.2 Å². The average Bonchev–Trinajstić information content (AvgIpc) is 2.03. The Kier molecular flexibility index (Phi) is 2.54. The molecule has 0 aliphatic heterocycles. The molecule has 0 aliphatic rings. The molecule has 0 fully saturated rings. The van der Waals surface area contributed by atoms with Crippen molar-refractivity contribution in [3.05, 3.63) is 29.8 Å². The van der Waals surface area contributed by atoms with E-state index in [9.17, 15) is 4.39 Å². The zero-order chi connectivity index (χ0) is 8.27. The zero-order valence-electron chi connectivity index (χ0n) is 6.42. The number of hydrogen-bond donors (Lipinski definition) is 1. The molecule has 0 bridgehead atoms. The molecule has 1 rings (SSSR count). The minimum atomic E-state index is -0.327. The number of halogens is 1. The van der Waals surface area contributed by atoms with Gasteiger partial charge in [-0.25, -0.2) is 4.39 Å². The first-order valence-electron chi connectivity index (χ1n) is 3.60. The summed E-state index contributed by atoms with van der Waals surface area (Å²) in [4.78, 5) is 3.70. The Morgan fingerprint density at radius 2 is 2.36 bits per heavy atom. The van der Waals surface area contributed by atoms with Crippen molar-refractivity contribution in [2.24, 2.45) is 5.73 Å². The van der Waals surface area contributed by atoms with E-state index in [0.29, 0.717) is 0 Å². The molecule has 0 amide bonds. The Morgan fingerprint density at radius 3 is 2.91 bits per heavy atom. The fraction of sp³-hybridized carbons (Fsp3) is 0.375. The predicted molar refractivity (Wildman–Crippen MR) is 41.4 cm³/mol. The van der Waals surface area contributed by atoms with E-state index in [1.54, 1.807) is 6.20 Å². The van der Waals surface area contributed by atoms with E-state index < -0.39 is 0 Å². The highest BCUT2D eigenvalue weighted by Crippen LogP contribution is 2.12. The van der Waals surface area contributed by atoms with E-state index in [1.807, 2.05) is 6.92 Å². The Labute approximate surface area is 65.3 Å². The quantitative estimate of drug-likeness (QED) is 0.703. The van der Waals surface area contributed by atoms with Gasteiger partial charge in [0.25, 0.3) is 0 Å². The lowest BCUT2D eigenvalue weighted by atomic mass is 10.1. The molecule has 0 saturated carbocycles. The van der Waals surface area contributed by atoms with Gasteiger partial charge in [0.2, 0.25) is 0 Å². The van der Waals surface area contributed by atoms with Gasteiger partial charge in [-0.2, -0.15) is 0 Å². The van der Waals surface area contributed by atoms with Crippen LogP contribution in [0.4, 0.5) is 4.39 Å². The van der Waals surface area contributed by atoms with Crippen molar-refractivity contribution in [1.82, 2.24) is 4.98 Å². The van der Waals surface area contributed by atoms with Crippen LogP contribution in [-0.4, -0.2) is 4.98 Å². The van der Waals surface area contributed by atoms with E-state index in [0.717, 1.165) is 12.0 Å². The largest absolute Gasteiger partial charge is 0.324 e. The number of aromatic nitrogens is 1. The molecule has 0 radical (unpaired) electrons. The van der Waals surface area contributed by atoms with Gasteiger partial charge in [-0.15, -0.1) is 0 Å². The second kappa shape index (κ2) is 3.44. The molecule has 0 aliphatic carbocycles. The summed E-state index contributed by atoms with van der Waals surface area (Å²) < 4.78 is 12.5. The summed E-state index contributed by atoms with van der Waals surface area (Å²) in [7, 11) is 0. The van der Waals surface area contributed by atoms with Crippen LogP contribution in [0.3, 0.4) is 0 Å². The summed E-state index contributed by atoms with van der Waals surface area (Å²) in [6.45, 7) is 1.95. The maximum Gasteiger partial charge on any atom is 0.141 e. The minimum absolute atomic E-state index is 0.0989. The van der Waals surface area contributed by atoms with E-state index >= 15 is 0 Å². The van der Waals surface area contributed by atoms with Crippen LogP contribution < -0.4 is 5.73 Å². The molecule has 0 spiro atoms. The maximum absolute atomic E-state index is 12.5. The lowest BCUT2D eigenvalue weighted by Gasteiger charge is -2.07. The highest BCUT2D eigenvalue weighted by Gasteiger charge is 2.03. The van der Waals surface area contributed by atoms with Crippen LogP contribution in [0.2, 0.25) is 0 Å². The molecule has 2 nitrogen and oxygen atoms in total. The standard InChI is InChI=1S/C8H11FN2/c1-2-8(10)6-3-7(9)5-11-4-6/h3-5,8H,2,10H2,1H3. The number of rotatable bonds is 2. The third-order valence-corrected chi connectivity index (χ3v) is 1.59. The van der Waals surface area contributed by atoms with E-state index in [2.05, 4.69) is 4.98 Å². The topological polar surface area (TPSA) is 38.9 Å². The fourth-order valence-electron chi connectivity index (χ4n) is 0.867. The van der Waals surface area contributed by atoms with Crippen molar-refractivity contribution in [3.63, 3.8) is 0 Å². The summed E-state index contributed by atoms with van der Waals surface area (Å²) >= 11 is 0. The summed E-state index contributed by atoms with van der Waals surface area (Å²) in [6, 6.07) is 1.32. The summed E-state index contributed by atoms with van der Waals surface area (Å²) in [5, 5.41) is 0. The van der Waals surface area contributed by atoms with Gasteiger partial charge in [-0.1, -0.05) is 6.92 Å². The van der Waals surface area contributed by atoms with Crippen molar-refractivity contribution < 1.29 is 4.39 Å². The molecule has 1 atom stereocenters. The van der Waals surface area contributed by atoms with Crippen LogP contribution in [0.15, 0.2) is 18.5 Å². The van der Waals surface area contributed by atoms with E-state index in [1.165, 1.54) is 12.3 Å². The van der Waals surface area contributed by atoms with Gasteiger partial charge in [-0.05, 0) is 18.1 Å². The second-order valence-electron chi connectivity index (χ2n) is 2.45. The third-order valence-electron chi connectivity index (χ3n) is 1.59. The van der Waals surface area contributed by atoms with Crippen molar-refractivity contribution in [3.8, 4) is 0 Å². The first kappa shape index (κ1) is 8.14. The Morgan fingerprint density at radius 1 is 1.64 bits per heavy atom. The summed E-state index contributed by atoms with van der Waals surface area (Å²) in [5.74, 6) is -0.327. The lowest BCUT2D eigenvalue weighted by Crippen LogP contribution is -2.08. The molecule has 60 valence electrons. The summed E-state index contributed by atoms with van der Waals surface area (Å²) in [5.41, 5.74) is 6.41. The first-order valence-corrected chi connectivity index (χ1v) is 3.60. The van der Waals surface area contributed by atoms with Gasteiger partial charge in [0.15, 0.2) is 0 Å². The molecule has 11 heavy (non-hydrogen) atoms. The fourth-order valence-corrected chi connectivity index (χ4v) is 0.867. The molecule has 1 unspecified atom stereocenters. The van der Waals surface area contributed by atoms with Crippen molar-refractivity contribution in [2.45, 2.75) is 19.4 Å². The molecular formula is C8H11FN2. The van der Waals surface area contributed by atoms with Crippen molar-refractivity contribution in [2.75, 3.05) is 0 Å². The van der Waals surface area contributed by atoms with Crippen molar-refractivity contribution >= 4 is 0 Å². The second-order valence-corrected chi connectivity index (χ2v) is 2.45. The monoisotopic (exact) mass is 154 g/mol. The van der Waals surface area contributed by atoms with Crippen molar-refractivity contribution in [1.29, 1.82) is 0 Å². The molecule has 0 saturated heterocycles. The highest BCUT2D eigenvalue weighted by molar-refractivity contribution is 5.13. The lowest BCUT2D eigenvalue weighted by molar-refractivity contribution is 0.608. The smallest absolute Gasteiger partial charge is 0.141 e. The van der Waals surface area contributed by atoms with Gasteiger partial charge >= 0.3 is 0 Å². The number of nitrogens with zero attached hydrogens (tertiary/aromatic N) is 1. The molecule has 1 aromatic rings. The number of hydrogen-bond acceptors (Lipinski definition) is 2. The Bertz CT molecular complexity index is 237. The SMILES string of the molecule is CCC(N)c1cncc(F)c1. The predicted octanol–water partition coefficient (Wildman–Crippen LogP) is 1.63. The van der Waals surface area contributed by atoms with Gasteiger partial charge in [-0.3, -0.25) is 4.98 Å². The zero-order valence-corrected chi connectivity index (χ0v) is 6.42. The van der Waals surface area contributed by atoms with E-state index in [-0.39, 0.29) is 11.9 Å². The molecule has 0 aromatic carbocycles. The third kappa shape index (κ3) is 1.98. The number of pyridine rings is 1. The van der Waals surface area contributed by atoms with Crippen LogP contribution >= 0.6 is 0 Å². The summed E-state index contributed by atoms with van der Waals surface area (Å²) in [6.07, 6.45) is 3.56. The average molecular weight is 154 g/mol. The highest BCUT2D eigenvalue weighted by atomic mass is 19.1. The number of nitrogens with two attached hydrogens (primary N) is 1. The van der Waals surface area contributed by atoms with Gasteiger partial charge in [0.05, 0.1) is 6.20 Å². The minimum Gasteiger partial charge on any atom is -0.324 e.